The van der Waals surface area contributed by atoms with Crippen molar-refractivity contribution >= 4 is 18.0 Å². The second kappa shape index (κ2) is 8.02. The molecule has 0 bridgehead atoms. The van der Waals surface area contributed by atoms with E-state index < -0.39 is 11.9 Å². The Hall–Kier alpha value is -3.54. The standard InChI is InChI=1S/C20H17NO5/c1-2-10-24-20(23)16(21-19(22)15-6-4-3-5-7-15)11-14-8-9-17-18(12-14)26-13-25-17/h2-9,11-12H,1,10,13H2,(H,21,22). The molecule has 1 aliphatic rings. The lowest BCUT2D eigenvalue weighted by molar-refractivity contribution is -0.138. The van der Waals surface area contributed by atoms with E-state index in [4.69, 9.17) is 14.2 Å². The number of hydrogen-bond acceptors (Lipinski definition) is 5. The molecule has 0 spiro atoms. The van der Waals surface area contributed by atoms with Crippen LogP contribution in [0.25, 0.3) is 6.08 Å². The maximum atomic E-state index is 12.4. The molecule has 132 valence electrons. The summed E-state index contributed by atoms with van der Waals surface area (Å²) in [6.07, 6.45) is 2.98. The van der Waals surface area contributed by atoms with E-state index in [-0.39, 0.29) is 19.1 Å². The Bertz CT molecular complexity index is 858. The number of amides is 1. The molecule has 0 saturated carbocycles. The summed E-state index contributed by atoms with van der Waals surface area (Å²) in [6.45, 7) is 3.70. The number of rotatable bonds is 6. The third-order valence-electron chi connectivity index (χ3n) is 3.54. The molecule has 0 radical (unpaired) electrons. The topological polar surface area (TPSA) is 73.9 Å². The molecule has 0 saturated heterocycles. The van der Waals surface area contributed by atoms with Crippen molar-refractivity contribution in [2.24, 2.45) is 0 Å². The summed E-state index contributed by atoms with van der Waals surface area (Å²) in [5, 5.41) is 2.60. The fourth-order valence-corrected chi connectivity index (χ4v) is 2.31. The van der Waals surface area contributed by atoms with Crippen molar-refractivity contribution in [1.82, 2.24) is 5.32 Å². The molecule has 6 heteroatoms. The maximum Gasteiger partial charge on any atom is 0.355 e. The van der Waals surface area contributed by atoms with Gasteiger partial charge in [-0.3, -0.25) is 4.79 Å². The number of fused-ring (bicyclic) bond motifs is 1. The van der Waals surface area contributed by atoms with Crippen LogP contribution in [0.3, 0.4) is 0 Å². The molecule has 0 aromatic heterocycles. The van der Waals surface area contributed by atoms with Gasteiger partial charge in [0.1, 0.15) is 12.3 Å². The minimum atomic E-state index is -0.660. The van der Waals surface area contributed by atoms with Gasteiger partial charge in [-0.25, -0.2) is 4.79 Å². The van der Waals surface area contributed by atoms with Crippen LogP contribution in [0.2, 0.25) is 0 Å². The van der Waals surface area contributed by atoms with E-state index >= 15 is 0 Å². The molecule has 0 unspecified atom stereocenters. The lowest BCUT2D eigenvalue weighted by Crippen LogP contribution is -2.28. The van der Waals surface area contributed by atoms with Crippen molar-refractivity contribution in [3.8, 4) is 11.5 Å². The number of carbonyl (C=O) groups is 2. The molecule has 0 fully saturated rings. The van der Waals surface area contributed by atoms with Gasteiger partial charge in [-0.1, -0.05) is 36.9 Å². The molecule has 0 aliphatic carbocycles. The number of carbonyl (C=O) groups excluding carboxylic acids is 2. The van der Waals surface area contributed by atoms with Crippen LogP contribution in [0.15, 0.2) is 66.9 Å². The molecule has 6 nitrogen and oxygen atoms in total. The zero-order chi connectivity index (χ0) is 18.4. The van der Waals surface area contributed by atoms with Crippen molar-refractivity contribution in [3.05, 3.63) is 78.0 Å². The van der Waals surface area contributed by atoms with E-state index in [1.165, 1.54) is 12.2 Å². The largest absolute Gasteiger partial charge is 0.457 e. The average molecular weight is 351 g/mol. The zero-order valence-corrected chi connectivity index (χ0v) is 13.9. The second-order valence-electron chi connectivity index (χ2n) is 5.38. The van der Waals surface area contributed by atoms with Crippen LogP contribution in [0.5, 0.6) is 11.5 Å². The second-order valence-corrected chi connectivity index (χ2v) is 5.38. The fraction of sp³-hybridized carbons (Fsp3) is 0.100. The number of hydrogen-bond donors (Lipinski definition) is 1. The molecule has 1 amide bonds. The van der Waals surface area contributed by atoms with Gasteiger partial charge in [0.25, 0.3) is 5.91 Å². The molecule has 1 aliphatic heterocycles. The highest BCUT2D eigenvalue weighted by Gasteiger charge is 2.17. The summed E-state index contributed by atoms with van der Waals surface area (Å²) < 4.78 is 15.7. The van der Waals surface area contributed by atoms with E-state index in [0.717, 1.165) is 0 Å². The first-order valence-corrected chi connectivity index (χ1v) is 7.93. The summed E-state index contributed by atoms with van der Waals surface area (Å²) in [7, 11) is 0. The van der Waals surface area contributed by atoms with Gasteiger partial charge in [-0.15, -0.1) is 0 Å². The van der Waals surface area contributed by atoms with Crippen LogP contribution in [0.4, 0.5) is 0 Å². The van der Waals surface area contributed by atoms with Gasteiger partial charge in [0.2, 0.25) is 6.79 Å². The van der Waals surface area contributed by atoms with Crippen LogP contribution >= 0.6 is 0 Å². The Morgan fingerprint density at radius 1 is 1.12 bits per heavy atom. The lowest BCUT2D eigenvalue weighted by atomic mass is 10.1. The van der Waals surface area contributed by atoms with Crippen molar-refractivity contribution in [2.75, 3.05) is 13.4 Å². The van der Waals surface area contributed by atoms with Crippen LogP contribution in [0, 0.1) is 0 Å². The Morgan fingerprint density at radius 2 is 1.88 bits per heavy atom. The molecule has 26 heavy (non-hydrogen) atoms. The normalized spacial score (nSPS) is 12.4. The summed E-state index contributed by atoms with van der Waals surface area (Å²) in [6, 6.07) is 13.8. The third-order valence-corrected chi connectivity index (χ3v) is 3.54. The summed E-state index contributed by atoms with van der Waals surface area (Å²) >= 11 is 0. The van der Waals surface area contributed by atoms with Crippen molar-refractivity contribution in [2.45, 2.75) is 0 Å². The van der Waals surface area contributed by atoms with E-state index in [0.29, 0.717) is 22.6 Å². The SMILES string of the molecule is C=CCOC(=O)C(=Cc1ccc2c(c1)OCO2)NC(=O)c1ccccc1. The van der Waals surface area contributed by atoms with Crippen LogP contribution < -0.4 is 14.8 Å². The third kappa shape index (κ3) is 4.10. The molecule has 2 aromatic rings. The van der Waals surface area contributed by atoms with Crippen molar-refractivity contribution < 1.29 is 23.8 Å². The Balaban J connectivity index is 1.86. The first-order chi connectivity index (χ1) is 12.7. The summed E-state index contributed by atoms with van der Waals surface area (Å²) in [5.41, 5.74) is 1.10. The van der Waals surface area contributed by atoms with E-state index in [2.05, 4.69) is 11.9 Å². The Labute approximate surface area is 150 Å². The highest BCUT2D eigenvalue weighted by molar-refractivity contribution is 6.03. The number of ether oxygens (including phenoxy) is 3. The van der Waals surface area contributed by atoms with E-state index in [1.807, 2.05) is 0 Å². The first kappa shape index (κ1) is 17.3. The fourth-order valence-electron chi connectivity index (χ4n) is 2.31. The highest BCUT2D eigenvalue weighted by atomic mass is 16.7. The maximum absolute atomic E-state index is 12.4. The molecule has 1 heterocycles. The van der Waals surface area contributed by atoms with Gasteiger partial charge >= 0.3 is 5.97 Å². The van der Waals surface area contributed by atoms with Gasteiger partial charge in [0.05, 0.1) is 0 Å². The molecule has 0 atom stereocenters. The molecular formula is C20H17NO5. The monoisotopic (exact) mass is 351 g/mol. The smallest absolute Gasteiger partial charge is 0.355 e. The highest BCUT2D eigenvalue weighted by Crippen LogP contribution is 2.33. The predicted octanol–water partition coefficient (Wildman–Crippen LogP) is 2.92. The molecule has 2 aromatic carbocycles. The van der Waals surface area contributed by atoms with E-state index in [9.17, 15) is 9.59 Å². The van der Waals surface area contributed by atoms with E-state index in [1.54, 1.807) is 48.5 Å². The average Bonchev–Trinajstić information content (AvgIpc) is 3.14. The van der Waals surface area contributed by atoms with Crippen molar-refractivity contribution in [1.29, 1.82) is 0 Å². The minimum Gasteiger partial charge on any atom is -0.457 e. The number of esters is 1. The van der Waals surface area contributed by atoms with Crippen LogP contribution in [-0.2, 0) is 9.53 Å². The van der Waals surface area contributed by atoms with Gasteiger partial charge in [-0.2, -0.15) is 0 Å². The van der Waals surface area contributed by atoms with Gasteiger partial charge < -0.3 is 19.5 Å². The van der Waals surface area contributed by atoms with Crippen molar-refractivity contribution in [3.63, 3.8) is 0 Å². The first-order valence-electron chi connectivity index (χ1n) is 7.93. The van der Waals surface area contributed by atoms with Crippen LogP contribution in [-0.4, -0.2) is 25.3 Å². The lowest BCUT2D eigenvalue weighted by Gasteiger charge is -2.10. The van der Waals surface area contributed by atoms with Gasteiger partial charge in [0.15, 0.2) is 11.5 Å². The predicted molar refractivity (Wildman–Crippen MR) is 95.6 cm³/mol. The Morgan fingerprint density at radius 3 is 2.65 bits per heavy atom. The number of nitrogens with one attached hydrogen (secondary N) is 1. The van der Waals surface area contributed by atoms with Gasteiger partial charge in [-0.05, 0) is 35.9 Å². The quantitative estimate of drug-likeness (QED) is 0.492. The van der Waals surface area contributed by atoms with Crippen LogP contribution in [0.1, 0.15) is 15.9 Å². The number of benzene rings is 2. The Kier molecular flexibility index (Phi) is 5.34. The molecule has 1 N–H and O–H groups in total. The summed E-state index contributed by atoms with van der Waals surface area (Å²) in [4.78, 5) is 24.7. The van der Waals surface area contributed by atoms with Gasteiger partial charge in [0, 0.05) is 5.56 Å². The summed E-state index contributed by atoms with van der Waals surface area (Å²) in [5.74, 6) is 0.137. The molecular weight excluding hydrogens is 334 g/mol. The molecule has 3 rings (SSSR count). The minimum absolute atomic E-state index is 0.0135. The zero-order valence-electron chi connectivity index (χ0n) is 13.9.